The maximum atomic E-state index is 14.4. The van der Waals surface area contributed by atoms with E-state index in [0.29, 0.717) is 6.07 Å². The van der Waals surface area contributed by atoms with Crippen molar-refractivity contribution in [2.45, 2.75) is 24.9 Å². The van der Waals surface area contributed by atoms with Gasteiger partial charge in [-0.15, -0.1) is 0 Å². The summed E-state index contributed by atoms with van der Waals surface area (Å²) in [7, 11) is 0. The number of hydrogen-bond donors (Lipinski definition) is 2. The zero-order valence-corrected chi connectivity index (χ0v) is 13.8. The summed E-state index contributed by atoms with van der Waals surface area (Å²) in [5, 5.41) is 24.8. The summed E-state index contributed by atoms with van der Waals surface area (Å²) < 4.78 is 60.0. The highest BCUT2D eigenvalue weighted by Crippen LogP contribution is 2.50. The summed E-state index contributed by atoms with van der Waals surface area (Å²) in [5.74, 6) is -1.62. The van der Waals surface area contributed by atoms with Crippen LogP contribution in [-0.2, 0) is 11.6 Å². The van der Waals surface area contributed by atoms with Crippen LogP contribution >= 0.6 is 0 Å². The molecule has 0 aliphatic carbocycles. The Hall–Kier alpha value is -3.53. The maximum absolute atomic E-state index is 14.4. The number of allylic oxidation sites excluding steroid dienone is 1. The number of ether oxygens (including phenoxy) is 1. The molecule has 0 amide bonds. The normalized spacial score (nSPS) is 19.1. The number of fused-ring (bicyclic) bond motifs is 1. The van der Waals surface area contributed by atoms with Crippen molar-refractivity contribution in [2.75, 3.05) is 0 Å². The number of rotatable bonds is 2. The average molecular weight is 377 g/mol. The number of nitrogens with two attached hydrogens (primary N) is 1. The fourth-order valence-corrected chi connectivity index (χ4v) is 3.37. The van der Waals surface area contributed by atoms with Crippen LogP contribution in [0, 0.1) is 28.5 Å². The van der Waals surface area contributed by atoms with E-state index in [4.69, 9.17) is 15.7 Å². The van der Waals surface area contributed by atoms with Gasteiger partial charge in [-0.05, 0) is 24.1 Å². The monoisotopic (exact) mass is 377 g/mol. The summed E-state index contributed by atoms with van der Waals surface area (Å²) in [6.07, 6.45) is -3.62. The first-order valence-corrected chi connectivity index (χ1v) is 7.64. The molecule has 1 aromatic heterocycles. The van der Waals surface area contributed by atoms with Crippen molar-refractivity contribution >= 4 is 0 Å². The molecule has 0 saturated carbocycles. The zero-order chi connectivity index (χ0) is 20.0. The number of H-pyrrole nitrogens is 1. The number of nitrogens with zero attached hydrogens (tertiary/aromatic N) is 3. The molecule has 3 rings (SSSR count). The molecule has 0 spiro atoms. The number of aromatic amines is 1. The van der Waals surface area contributed by atoms with Gasteiger partial charge in [0.15, 0.2) is 0 Å². The fraction of sp³-hybridized carbons (Fsp3) is 0.235. The predicted molar refractivity (Wildman–Crippen MR) is 83.2 cm³/mol. The Kier molecular flexibility index (Phi) is 4.07. The molecule has 2 heterocycles. The van der Waals surface area contributed by atoms with Crippen LogP contribution < -0.4 is 10.5 Å². The van der Waals surface area contributed by atoms with Gasteiger partial charge in [-0.2, -0.15) is 28.8 Å². The predicted octanol–water partition coefficient (Wildman–Crippen LogP) is 3.22. The summed E-state index contributed by atoms with van der Waals surface area (Å²) in [4.78, 5) is 0. The fourth-order valence-electron chi connectivity index (χ4n) is 3.37. The van der Waals surface area contributed by atoms with Crippen LogP contribution in [0.2, 0.25) is 0 Å². The smallest absolute Gasteiger partial charge is 0.417 e. The molecule has 2 aromatic rings. The van der Waals surface area contributed by atoms with Gasteiger partial charge in [0, 0.05) is 0 Å². The van der Waals surface area contributed by atoms with Gasteiger partial charge in [-0.25, -0.2) is 9.49 Å². The molecule has 0 bridgehead atoms. The number of aromatic nitrogens is 2. The second kappa shape index (κ2) is 6.02. The van der Waals surface area contributed by atoms with Gasteiger partial charge >= 0.3 is 6.18 Å². The standard InChI is InChI=1S/C17H11F4N5O/c1-2-16(11(6-23)14(24)27-15-12(16)7-25-26-15)8-3-10(17(19,20)21)9(5-22)13(18)4-8/h3-4,7H,2,24H2,1H3,(H,25,26). The van der Waals surface area contributed by atoms with Crippen LogP contribution in [-0.4, -0.2) is 10.2 Å². The average Bonchev–Trinajstić information content (AvgIpc) is 3.07. The van der Waals surface area contributed by atoms with E-state index in [0.717, 1.165) is 6.07 Å². The Morgan fingerprint density at radius 3 is 2.56 bits per heavy atom. The molecule has 0 radical (unpaired) electrons. The Morgan fingerprint density at radius 2 is 2.00 bits per heavy atom. The molecule has 3 N–H and O–H groups in total. The molecule has 0 fully saturated rings. The van der Waals surface area contributed by atoms with Crippen LogP contribution in [0.4, 0.5) is 17.6 Å². The lowest BCUT2D eigenvalue weighted by molar-refractivity contribution is -0.138. The van der Waals surface area contributed by atoms with Crippen molar-refractivity contribution in [2.24, 2.45) is 5.73 Å². The first kappa shape index (κ1) is 18.3. The van der Waals surface area contributed by atoms with Crippen molar-refractivity contribution < 1.29 is 22.3 Å². The quantitative estimate of drug-likeness (QED) is 0.781. The van der Waals surface area contributed by atoms with Gasteiger partial charge in [0.2, 0.25) is 11.8 Å². The van der Waals surface area contributed by atoms with Gasteiger partial charge in [0.1, 0.15) is 23.5 Å². The summed E-state index contributed by atoms with van der Waals surface area (Å²) in [6.45, 7) is 1.61. The SMILES string of the molecule is CCC1(c2cc(F)c(C#N)c(C(F)(F)F)c2)C(C#N)=C(N)Oc2[nH]ncc21. The van der Waals surface area contributed by atoms with Gasteiger partial charge in [-0.3, -0.25) is 0 Å². The zero-order valence-electron chi connectivity index (χ0n) is 13.8. The summed E-state index contributed by atoms with van der Waals surface area (Å²) >= 11 is 0. The molecule has 1 aromatic carbocycles. The molecule has 1 atom stereocenters. The minimum absolute atomic E-state index is 0.0478. The summed E-state index contributed by atoms with van der Waals surface area (Å²) in [6, 6.07) is 4.56. The third kappa shape index (κ3) is 2.49. The minimum atomic E-state index is -4.97. The van der Waals surface area contributed by atoms with E-state index in [1.54, 1.807) is 6.92 Å². The number of nitrogens with one attached hydrogen (secondary N) is 1. The topological polar surface area (TPSA) is 112 Å². The first-order valence-electron chi connectivity index (χ1n) is 7.64. The van der Waals surface area contributed by atoms with Crippen LogP contribution in [0.3, 0.4) is 0 Å². The highest BCUT2D eigenvalue weighted by Gasteiger charge is 2.47. The Balaban J connectivity index is 2.43. The molecular weight excluding hydrogens is 366 g/mol. The lowest BCUT2D eigenvalue weighted by atomic mass is 9.67. The highest BCUT2D eigenvalue weighted by atomic mass is 19.4. The second-order valence-corrected chi connectivity index (χ2v) is 5.81. The molecule has 10 heteroatoms. The van der Waals surface area contributed by atoms with Gasteiger partial charge in [0.25, 0.3) is 0 Å². The number of nitriles is 2. The minimum Gasteiger partial charge on any atom is -0.422 e. The highest BCUT2D eigenvalue weighted by molar-refractivity contribution is 5.60. The molecule has 1 aliphatic rings. The summed E-state index contributed by atoms with van der Waals surface area (Å²) in [5.41, 5.74) is 1.61. The van der Waals surface area contributed by atoms with E-state index >= 15 is 0 Å². The second-order valence-electron chi connectivity index (χ2n) is 5.81. The van der Waals surface area contributed by atoms with Gasteiger partial charge < -0.3 is 10.5 Å². The van der Waals surface area contributed by atoms with Crippen molar-refractivity contribution in [3.8, 4) is 18.0 Å². The Bertz CT molecular complexity index is 1040. The van der Waals surface area contributed by atoms with E-state index in [-0.39, 0.29) is 34.9 Å². The number of hydrogen-bond acceptors (Lipinski definition) is 5. The lowest BCUT2D eigenvalue weighted by Crippen LogP contribution is -2.36. The third-order valence-corrected chi connectivity index (χ3v) is 4.59. The van der Waals surface area contributed by atoms with E-state index < -0.39 is 28.5 Å². The van der Waals surface area contributed by atoms with Crippen molar-refractivity contribution in [3.05, 3.63) is 57.9 Å². The van der Waals surface area contributed by atoms with E-state index in [2.05, 4.69) is 10.2 Å². The largest absolute Gasteiger partial charge is 0.422 e. The van der Waals surface area contributed by atoms with Crippen LogP contribution in [0.1, 0.15) is 35.6 Å². The molecule has 0 saturated heterocycles. The van der Waals surface area contributed by atoms with E-state index in [1.807, 2.05) is 6.07 Å². The molecular formula is C17H11F4N5O. The van der Waals surface area contributed by atoms with Crippen molar-refractivity contribution in [3.63, 3.8) is 0 Å². The third-order valence-electron chi connectivity index (χ3n) is 4.59. The van der Waals surface area contributed by atoms with Gasteiger partial charge in [-0.1, -0.05) is 6.92 Å². The maximum Gasteiger partial charge on any atom is 0.417 e. The van der Waals surface area contributed by atoms with Crippen molar-refractivity contribution in [1.29, 1.82) is 10.5 Å². The first-order chi connectivity index (χ1) is 12.7. The lowest BCUT2D eigenvalue weighted by Gasteiger charge is -2.36. The molecule has 138 valence electrons. The molecule has 6 nitrogen and oxygen atoms in total. The molecule has 1 unspecified atom stereocenters. The van der Waals surface area contributed by atoms with E-state index in [9.17, 15) is 22.8 Å². The van der Waals surface area contributed by atoms with Crippen LogP contribution in [0.25, 0.3) is 0 Å². The Labute approximate surface area is 150 Å². The van der Waals surface area contributed by atoms with Crippen LogP contribution in [0.5, 0.6) is 5.88 Å². The Morgan fingerprint density at radius 1 is 1.30 bits per heavy atom. The molecule has 27 heavy (non-hydrogen) atoms. The number of benzene rings is 1. The van der Waals surface area contributed by atoms with Crippen LogP contribution in [0.15, 0.2) is 29.8 Å². The number of alkyl halides is 3. The van der Waals surface area contributed by atoms with Gasteiger partial charge in [0.05, 0.1) is 28.3 Å². The van der Waals surface area contributed by atoms with Crippen molar-refractivity contribution in [1.82, 2.24) is 10.2 Å². The number of halogens is 4. The van der Waals surface area contributed by atoms with E-state index in [1.165, 1.54) is 12.3 Å². The molecule has 1 aliphatic heterocycles.